The Morgan fingerprint density at radius 3 is 1.20 bits per heavy atom. The van der Waals surface area contributed by atoms with Gasteiger partial charge in [-0.2, -0.15) is 0 Å². The number of rotatable bonds is 15. The summed E-state index contributed by atoms with van der Waals surface area (Å²) in [6.07, 6.45) is 8.65. The van der Waals surface area contributed by atoms with E-state index in [9.17, 15) is 0 Å². The van der Waals surface area contributed by atoms with E-state index < -0.39 is 0 Å². The fraction of sp³-hybridized carbons (Fsp3) is 0.842. The maximum Gasteiger partial charge on any atom is 0.0240 e. The summed E-state index contributed by atoms with van der Waals surface area (Å²) in [7, 11) is 2.28. The van der Waals surface area contributed by atoms with E-state index in [1.165, 1.54) is 104 Å². The highest BCUT2D eigenvalue weighted by molar-refractivity contribution is 5.53. The summed E-state index contributed by atoms with van der Waals surface area (Å²) in [4.78, 5) is 16.4. The van der Waals surface area contributed by atoms with Gasteiger partial charge in [-0.1, -0.05) is 48.0 Å². The molecule has 0 N–H and O–H groups in total. The molecule has 44 heavy (non-hydrogen) atoms. The van der Waals surface area contributed by atoms with E-state index in [2.05, 4.69) is 84.9 Å². The first-order valence-electron chi connectivity index (χ1n) is 18.9. The van der Waals surface area contributed by atoms with Crippen LogP contribution in [0.4, 0.5) is 0 Å². The van der Waals surface area contributed by atoms with Crippen molar-refractivity contribution in [3.05, 3.63) is 33.4 Å². The van der Waals surface area contributed by atoms with Gasteiger partial charge in [-0.25, -0.2) is 0 Å². The van der Waals surface area contributed by atoms with Crippen molar-refractivity contribution in [3.8, 4) is 0 Å². The quantitative estimate of drug-likeness (QED) is 0.251. The maximum atomic E-state index is 2.81. The molecule has 6 nitrogen and oxygen atoms in total. The number of hydrogen-bond acceptors (Lipinski definition) is 6. The molecule has 3 heterocycles. The van der Waals surface area contributed by atoms with Crippen molar-refractivity contribution in [1.82, 2.24) is 29.4 Å². The van der Waals surface area contributed by atoms with Crippen LogP contribution in [0.15, 0.2) is 0 Å². The van der Waals surface area contributed by atoms with Crippen LogP contribution in [0.25, 0.3) is 0 Å². The number of likely N-dealkylation sites (N-methyl/N-ethyl adjacent to an activating group) is 1. The molecular weight excluding hydrogens is 540 g/mol. The Labute approximate surface area is 273 Å². The lowest BCUT2D eigenvalue weighted by Gasteiger charge is -2.41. The largest absolute Gasteiger partial charge is 0.304 e. The summed E-state index contributed by atoms with van der Waals surface area (Å²) in [5.74, 6) is 0. The lowest BCUT2D eigenvalue weighted by atomic mass is 9.82. The molecule has 6 heteroatoms. The lowest BCUT2D eigenvalue weighted by molar-refractivity contribution is 0.0853. The third-order valence-electron chi connectivity index (χ3n) is 11.6. The summed E-state index contributed by atoms with van der Waals surface area (Å²) >= 11 is 0. The molecule has 2 unspecified atom stereocenters. The Balaban J connectivity index is 1.65. The molecule has 0 bridgehead atoms. The Morgan fingerprint density at radius 1 is 0.477 bits per heavy atom. The topological polar surface area (TPSA) is 19.4 Å². The van der Waals surface area contributed by atoms with Gasteiger partial charge in [0.2, 0.25) is 0 Å². The minimum absolute atomic E-state index is 0.704. The second kappa shape index (κ2) is 17.8. The average Bonchev–Trinajstić information content (AvgIpc) is 3.05. The molecule has 0 saturated carbocycles. The van der Waals surface area contributed by atoms with Crippen LogP contribution in [0, 0.1) is 0 Å². The molecule has 3 aliphatic heterocycles. The van der Waals surface area contributed by atoms with Gasteiger partial charge < -0.3 is 4.90 Å². The average molecular weight is 611 g/mol. The number of hydrogen-bond donors (Lipinski definition) is 0. The second-order valence-corrected chi connectivity index (χ2v) is 14.2. The van der Waals surface area contributed by atoms with E-state index in [1.807, 2.05) is 0 Å². The monoisotopic (exact) mass is 611 g/mol. The maximum absolute atomic E-state index is 2.81. The highest BCUT2D eigenvalue weighted by Crippen LogP contribution is 2.34. The number of benzene rings is 1. The summed E-state index contributed by atoms with van der Waals surface area (Å²) in [6, 6.07) is 1.47. The van der Waals surface area contributed by atoms with Crippen LogP contribution in [0.2, 0.25) is 0 Å². The number of piperazine rings is 3. The van der Waals surface area contributed by atoms with E-state index in [4.69, 9.17) is 0 Å². The standard InChI is InChI=1S/C38H70N6/c1-9-15-32(11-3)44-26-22-42(23-27-44)30-38-34(13-5)36(28-40-18-16-39(8)17-19-40)33(12-4)37(35(38)14-6)29-41-20-24-43(25-21-41)31(7)10-2/h31-32H,9-30H2,1-8H3. The van der Waals surface area contributed by atoms with Gasteiger partial charge in [0.05, 0.1) is 0 Å². The van der Waals surface area contributed by atoms with Gasteiger partial charge in [0, 0.05) is 110 Å². The first-order chi connectivity index (χ1) is 21.4. The fourth-order valence-corrected chi connectivity index (χ4v) is 8.51. The minimum atomic E-state index is 0.704. The fourth-order valence-electron chi connectivity index (χ4n) is 8.51. The van der Waals surface area contributed by atoms with Crippen LogP contribution in [0.5, 0.6) is 0 Å². The van der Waals surface area contributed by atoms with E-state index >= 15 is 0 Å². The molecule has 0 spiro atoms. The van der Waals surface area contributed by atoms with Crippen molar-refractivity contribution >= 4 is 0 Å². The van der Waals surface area contributed by atoms with Crippen molar-refractivity contribution < 1.29 is 0 Å². The van der Waals surface area contributed by atoms with E-state index in [0.29, 0.717) is 6.04 Å². The highest BCUT2D eigenvalue weighted by Gasteiger charge is 2.29. The zero-order valence-electron chi connectivity index (χ0n) is 30.4. The first-order valence-corrected chi connectivity index (χ1v) is 18.9. The van der Waals surface area contributed by atoms with Gasteiger partial charge in [-0.3, -0.25) is 24.5 Å². The van der Waals surface area contributed by atoms with E-state index in [1.54, 1.807) is 33.4 Å². The van der Waals surface area contributed by atoms with Gasteiger partial charge in [0.15, 0.2) is 0 Å². The summed E-state index contributed by atoms with van der Waals surface area (Å²) < 4.78 is 0. The van der Waals surface area contributed by atoms with Gasteiger partial charge in [0.1, 0.15) is 0 Å². The Morgan fingerprint density at radius 2 is 0.864 bits per heavy atom. The molecule has 0 radical (unpaired) electrons. The van der Waals surface area contributed by atoms with Crippen LogP contribution >= 0.6 is 0 Å². The van der Waals surface area contributed by atoms with Crippen molar-refractivity contribution in [2.75, 3.05) is 85.6 Å². The normalized spacial score (nSPS) is 22.1. The van der Waals surface area contributed by atoms with E-state index in [-0.39, 0.29) is 0 Å². The predicted molar refractivity (Wildman–Crippen MR) is 190 cm³/mol. The second-order valence-electron chi connectivity index (χ2n) is 14.2. The molecule has 3 aliphatic rings. The first kappa shape index (κ1) is 35.8. The van der Waals surface area contributed by atoms with E-state index in [0.717, 1.165) is 44.9 Å². The smallest absolute Gasteiger partial charge is 0.0240 e. The Hall–Kier alpha value is -1.02. The summed E-state index contributed by atoms with van der Waals surface area (Å²) in [6.45, 7) is 34.7. The van der Waals surface area contributed by atoms with Crippen LogP contribution in [-0.4, -0.2) is 127 Å². The van der Waals surface area contributed by atoms with Crippen LogP contribution in [-0.2, 0) is 38.9 Å². The molecule has 0 aromatic heterocycles. The van der Waals surface area contributed by atoms with Gasteiger partial charge in [0.25, 0.3) is 0 Å². The Kier molecular flexibility index (Phi) is 14.5. The lowest BCUT2D eigenvalue weighted by Crippen LogP contribution is -2.50. The van der Waals surface area contributed by atoms with Crippen LogP contribution in [0.1, 0.15) is 108 Å². The third-order valence-corrected chi connectivity index (χ3v) is 11.6. The molecule has 2 atom stereocenters. The van der Waals surface area contributed by atoms with Crippen LogP contribution < -0.4 is 0 Å². The molecule has 3 fully saturated rings. The molecule has 1 aromatic carbocycles. The summed E-state index contributed by atoms with van der Waals surface area (Å²) in [5.41, 5.74) is 10.2. The van der Waals surface area contributed by atoms with Crippen molar-refractivity contribution in [3.63, 3.8) is 0 Å². The number of nitrogens with zero attached hydrogens (tertiary/aromatic N) is 6. The van der Waals surface area contributed by atoms with Crippen LogP contribution in [0.3, 0.4) is 0 Å². The van der Waals surface area contributed by atoms with Crippen molar-refractivity contribution in [1.29, 1.82) is 0 Å². The van der Waals surface area contributed by atoms with Gasteiger partial charge in [-0.05, 0) is 85.9 Å². The molecule has 3 saturated heterocycles. The van der Waals surface area contributed by atoms with Crippen molar-refractivity contribution in [2.45, 2.75) is 125 Å². The molecule has 0 aliphatic carbocycles. The zero-order valence-corrected chi connectivity index (χ0v) is 30.4. The van der Waals surface area contributed by atoms with Gasteiger partial charge >= 0.3 is 0 Å². The molecule has 0 amide bonds. The highest BCUT2D eigenvalue weighted by atomic mass is 15.3. The molecule has 1 aromatic rings. The van der Waals surface area contributed by atoms with Gasteiger partial charge in [-0.15, -0.1) is 0 Å². The zero-order chi connectivity index (χ0) is 31.6. The molecular formula is C38H70N6. The molecule has 4 rings (SSSR count). The SMILES string of the molecule is CCCC(CC)N1CCN(Cc2c(CC)c(CN3CCN(C)CC3)c(CC)c(CN3CCN(C(C)CC)CC3)c2CC)CC1. The summed E-state index contributed by atoms with van der Waals surface area (Å²) in [5, 5.41) is 0. The Bertz CT molecular complexity index is 986. The molecule has 252 valence electrons. The minimum Gasteiger partial charge on any atom is -0.304 e. The third kappa shape index (κ3) is 8.86. The van der Waals surface area contributed by atoms with Crippen molar-refractivity contribution in [2.24, 2.45) is 0 Å². The predicted octanol–water partition coefficient (Wildman–Crippen LogP) is 5.73.